The first-order chi connectivity index (χ1) is 9.22. The fourth-order valence-electron chi connectivity index (χ4n) is 3.15. The third-order valence-corrected chi connectivity index (χ3v) is 4.46. The topological polar surface area (TPSA) is 30.5 Å². The lowest BCUT2D eigenvalue weighted by atomic mass is 9.80. The molecule has 0 bridgehead atoms. The van der Waals surface area contributed by atoms with Gasteiger partial charge in [0.25, 0.3) is 0 Å². The molecule has 2 atom stereocenters. The van der Waals surface area contributed by atoms with Crippen molar-refractivity contribution in [1.29, 1.82) is 0 Å². The second-order valence-electron chi connectivity index (χ2n) is 5.38. The molecule has 19 heavy (non-hydrogen) atoms. The van der Waals surface area contributed by atoms with Crippen LogP contribution in [0.15, 0.2) is 6.07 Å². The van der Waals surface area contributed by atoms with Gasteiger partial charge < -0.3 is 14.8 Å². The Balaban J connectivity index is 2.20. The molecule has 0 saturated heterocycles. The molecule has 1 aliphatic heterocycles. The van der Waals surface area contributed by atoms with Crippen LogP contribution < -0.4 is 14.8 Å². The highest BCUT2D eigenvalue weighted by atomic mass is 35.5. The van der Waals surface area contributed by atoms with Gasteiger partial charge in [-0.15, -0.1) is 0 Å². The van der Waals surface area contributed by atoms with Crippen LogP contribution in [0.25, 0.3) is 0 Å². The van der Waals surface area contributed by atoms with E-state index in [2.05, 4.69) is 12.2 Å². The smallest absolute Gasteiger partial charge is 0.166 e. The summed E-state index contributed by atoms with van der Waals surface area (Å²) in [4.78, 5) is 0. The van der Waals surface area contributed by atoms with Gasteiger partial charge in [-0.1, -0.05) is 18.5 Å². The van der Waals surface area contributed by atoms with Crippen LogP contribution in [0.4, 0.5) is 0 Å². The van der Waals surface area contributed by atoms with E-state index in [1.54, 1.807) is 0 Å². The van der Waals surface area contributed by atoms with Gasteiger partial charge >= 0.3 is 0 Å². The van der Waals surface area contributed by atoms with E-state index in [4.69, 9.17) is 21.1 Å². The molecule has 0 aromatic heterocycles. The Kier molecular flexibility index (Phi) is 3.59. The minimum atomic E-state index is 0.306. The predicted molar refractivity (Wildman–Crippen MR) is 76.5 cm³/mol. The van der Waals surface area contributed by atoms with Crippen molar-refractivity contribution < 1.29 is 9.47 Å². The summed E-state index contributed by atoms with van der Waals surface area (Å²) in [5, 5.41) is 4.20. The maximum atomic E-state index is 6.49. The van der Waals surface area contributed by atoms with Crippen molar-refractivity contribution >= 4 is 11.6 Å². The molecule has 104 valence electrons. The number of hydrogen-bond acceptors (Lipinski definition) is 3. The van der Waals surface area contributed by atoms with Crippen LogP contribution in [0.1, 0.15) is 49.3 Å². The van der Waals surface area contributed by atoms with E-state index in [0.717, 1.165) is 35.8 Å². The van der Waals surface area contributed by atoms with E-state index in [9.17, 15) is 0 Å². The molecule has 3 rings (SSSR count). The molecule has 3 nitrogen and oxygen atoms in total. The SMILES string of the molecule is CNC1CCC(C)c2c(Cl)cc3c(c21)OCCCO3. The molecule has 1 N–H and O–H groups in total. The van der Waals surface area contributed by atoms with E-state index in [0.29, 0.717) is 25.2 Å². The molecule has 0 amide bonds. The first-order valence-corrected chi connectivity index (χ1v) is 7.39. The highest BCUT2D eigenvalue weighted by Crippen LogP contribution is 2.49. The second kappa shape index (κ2) is 5.22. The summed E-state index contributed by atoms with van der Waals surface area (Å²) in [5.74, 6) is 2.18. The summed E-state index contributed by atoms with van der Waals surface area (Å²) in [6.07, 6.45) is 3.18. The Hall–Kier alpha value is -0.930. The van der Waals surface area contributed by atoms with Gasteiger partial charge in [-0.3, -0.25) is 0 Å². The molecule has 1 heterocycles. The zero-order valence-electron chi connectivity index (χ0n) is 11.5. The van der Waals surface area contributed by atoms with Crippen molar-refractivity contribution in [1.82, 2.24) is 5.32 Å². The summed E-state index contributed by atoms with van der Waals surface area (Å²) in [5.41, 5.74) is 2.45. The summed E-state index contributed by atoms with van der Waals surface area (Å²) in [6.45, 7) is 3.65. The second-order valence-corrected chi connectivity index (χ2v) is 5.79. The van der Waals surface area contributed by atoms with Crippen LogP contribution in [-0.4, -0.2) is 20.3 Å². The zero-order valence-corrected chi connectivity index (χ0v) is 12.2. The Morgan fingerprint density at radius 2 is 2.00 bits per heavy atom. The van der Waals surface area contributed by atoms with Crippen LogP contribution >= 0.6 is 11.6 Å². The Morgan fingerprint density at radius 3 is 2.79 bits per heavy atom. The first-order valence-electron chi connectivity index (χ1n) is 7.01. The number of hydrogen-bond donors (Lipinski definition) is 1. The van der Waals surface area contributed by atoms with Crippen LogP contribution in [0.5, 0.6) is 11.5 Å². The van der Waals surface area contributed by atoms with Crippen molar-refractivity contribution in [2.45, 2.75) is 38.1 Å². The molecule has 0 fully saturated rings. The number of halogens is 1. The maximum absolute atomic E-state index is 6.49. The van der Waals surface area contributed by atoms with Crippen LogP contribution in [0.3, 0.4) is 0 Å². The molecule has 1 aliphatic carbocycles. The van der Waals surface area contributed by atoms with Gasteiger partial charge in [0.1, 0.15) is 0 Å². The normalized spacial score (nSPS) is 25.6. The molecule has 1 aromatic rings. The van der Waals surface area contributed by atoms with Crippen LogP contribution in [-0.2, 0) is 0 Å². The molecular weight excluding hydrogens is 262 g/mol. The van der Waals surface area contributed by atoms with Gasteiger partial charge in [0.15, 0.2) is 11.5 Å². The van der Waals surface area contributed by atoms with Gasteiger partial charge in [0, 0.05) is 29.1 Å². The number of benzene rings is 1. The standard InChI is InChI=1S/C15H20ClNO2/c1-9-4-5-11(17-2)14-13(9)10(16)8-12-15(14)19-7-3-6-18-12/h8-9,11,17H,3-7H2,1-2H3. The van der Waals surface area contributed by atoms with E-state index in [1.807, 2.05) is 13.1 Å². The number of nitrogens with one attached hydrogen (secondary N) is 1. The highest BCUT2D eigenvalue weighted by Gasteiger charge is 2.32. The van der Waals surface area contributed by atoms with Gasteiger partial charge in [-0.2, -0.15) is 0 Å². The van der Waals surface area contributed by atoms with E-state index >= 15 is 0 Å². The minimum absolute atomic E-state index is 0.306. The van der Waals surface area contributed by atoms with Gasteiger partial charge in [0.05, 0.1) is 13.2 Å². The molecule has 0 radical (unpaired) electrons. The van der Waals surface area contributed by atoms with Crippen LogP contribution in [0.2, 0.25) is 5.02 Å². The Morgan fingerprint density at radius 1 is 1.21 bits per heavy atom. The van der Waals surface area contributed by atoms with Crippen molar-refractivity contribution in [3.8, 4) is 11.5 Å². The summed E-state index contributed by atoms with van der Waals surface area (Å²) in [7, 11) is 2.00. The number of ether oxygens (including phenoxy) is 2. The largest absolute Gasteiger partial charge is 0.489 e. The lowest BCUT2D eigenvalue weighted by Gasteiger charge is -2.32. The van der Waals surface area contributed by atoms with Gasteiger partial charge in [-0.05, 0) is 31.4 Å². The van der Waals surface area contributed by atoms with E-state index < -0.39 is 0 Å². The fraction of sp³-hybridized carbons (Fsp3) is 0.600. The highest BCUT2D eigenvalue weighted by molar-refractivity contribution is 6.31. The lowest BCUT2D eigenvalue weighted by Crippen LogP contribution is -2.24. The molecule has 2 unspecified atom stereocenters. The predicted octanol–water partition coefficient (Wildman–Crippen LogP) is 3.66. The van der Waals surface area contributed by atoms with Crippen LogP contribution in [0, 0.1) is 0 Å². The van der Waals surface area contributed by atoms with E-state index in [-0.39, 0.29) is 0 Å². The monoisotopic (exact) mass is 281 g/mol. The fourth-order valence-corrected chi connectivity index (χ4v) is 3.54. The van der Waals surface area contributed by atoms with Gasteiger partial charge in [-0.25, -0.2) is 0 Å². The molecule has 2 aliphatic rings. The number of fused-ring (bicyclic) bond motifs is 3. The van der Waals surface area contributed by atoms with E-state index in [1.165, 1.54) is 11.1 Å². The molecule has 0 spiro atoms. The maximum Gasteiger partial charge on any atom is 0.166 e. The molecular formula is C15H20ClNO2. The third kappa shape index (κ3) is 2.19. The third-order valence-electron chi connectivity index (χ3n) is 4.14. The van der Waals surface area contributed by atoms with Crippen molar-refractivity contribution in [2.24, 2.45) is 0 Å². The molecule has 0 saturated carbocycles. The summed E-state index contributed by atoms with van der Waals surface area (Å²) in [6, 6.07) is 2.23. The minimum Gasteiger partial charge on any atom is -0.489 e. The summed E-state index contributed by atoms with van der Waals surface area (Å²) >= 11 is 6.49. The van der Waals surface area contributed by atoms with Gasteiger partial charge in [0.2, 0.25) is 0 Å². The summed E-state index contributed by atoms with van der Waals surface area (Å²) < 4.78 is 11.7. The zero-order chi connectivity index (χ0) is 13.4. The Bertz CT molecular complexity index is 490. The van der Waals surface area contributed by atoms with Crippen molar-refractivity contribution in [2.75, 3.05) is 20.3 Å². The van der Waals surface area contributed by atoms with Crippen molar-refractivity contribution in [3.63, 3.8) is 0 Å². The van der Waals surface area contributed by atoms with Crippen molar-refractivity contribution in [3.05, 3.63) is 22.2 Å². The first kappa shape index (κ1) is 13.1. The molecule has 1 aromatic carbocycles. The quantitative estimate of drug-likeness (QED) is 0.852. The lowest BCUT2D eigenvalue weighted by molar-refractivity contribution is 0.294. The Labute approximate surface area is 119 Å². The average Bonchev–Trinajstić information content (AvgIpc) is 2.64. The molecule has 4 heteroatoms. The number of rotatable bonds is 1. The average molecular weight is 282 g/mol.